The summed E-state index contributed by atoms with van der Waals surface area (Å²) in [5.74, 6) is 2.02. The third-order valence-electron chi connectivity index (χ3n) is 4.40. The molecule has 3 rings (SSSR count). The van der Waals surface area contributed by atoms with Crippen LogP contribution in [0.2, 0.25) is 0 Å². The van der Waals surface area contributed by atoms with Gasteiger partial charge in [0.1, 0.15) is 5.75 Å². The van der Waals surface area contributed by atoms with Crippen LogP contribution in [0.4, 0.5) is 0 Å². The average Bonchev–Trinajstić information content (AvgIpc) is 2.99. The second kappa shape index (κ2) is 6.66. The Bertz CT molecular complexity index is 576. The highest BCUT2D eigenvalue weighted by Crippen LogP contribution is 2.35. The Morgan fingerprint density at radius 2 is 2.09 bits per heavy atom. The van der Waals surface area contributed by atoms with E-state index in [4.69, 9.17) is 14.2 Å². The van der Waals surface area contributed by atoms with Gasteiger partial charge in [-0.25, -0.2) is 0 Å². The molecule has 2 heterocycles. The summed E-state index contributed by atoms with van der Waals surface area (Å²) in [6, 6.07) is 6.23. The van der Waals surface area contributed by atoms with Crippen molar-refractivity contribution < 1.29 is 19.0 Å². The van der Waals surface area contributed by atoms with Crippen molar-refractivity contribution in [2.24, 2.45) is 0 Å². The molecule has 6 heteroatoms. The Hall–Kier alpha value is -1.95. The van der Waals surface area contributed by atoms with Crippen LogP contribution in [0.15, 0.2) is 18.2 Å². The normalized spacial score (nSPS) is 20.9. The number of benzene rings is 1. The summed E-state index contributed by atoms with van der Waals surface area (Å²) >= 11 is 0. The number of piperazine rings is 1. The maximum Gasteiger partial charge on any atom is 0.260 e. The zero-order valence-corrected chi connectivity index (χ0v) is 13.9. The summed E-state index contributed by atoms with van der Waals surface area (Å²) in [5, 5.41) is 0. The van der Waals surface area contributed by atoms with Gasteiger partial charge in [-0.15, -0.1) is 0 Å². The molecule has 0 aliphatic carbocycles. The number of hydrogen-bond acceptors (Lipinski definition) is 5. The first-order chi connectivity index (χ1) is 11.0. The van der Waals surface area contributed by atoms with Crippen LogP contribution in [0.3, 0.4) is 0 Å². The van der Waals surface area contributed by atoms with Gasteiger partial charge >= 0.3 is 0 Å². The highest BCUT2D eigenvalue weighted by atomic mass is 16.7. The van der Waals surface area contributed by atoms with Crippen molar-refractivity contribution in [3.05, 3.63) is 18.2 Å². The molecule has 1 saturated heterocycles. The Kier molecular flexibility index (Phi) is 4.61. The number of hydrogen-bond donors (Lipinski definition) is 0. The Morgan fingerprint density at radius 1 is 1.30 bits per heavy atom. The topological polar surface area (TPSA) is 51.2 Å². The van der Waals surface area contributed by atoms with Gasteiger partial charge < -0.3 is 19.1 Å². The van der Waals surface area contributed by atoms with Crippen molar-refractivity contribution in [2.75, 3.05) is 33.0 Å². The van der Waals surface area contributed by atoms with Crippen molar-refractivity contribution in [3.63, 3.8) is 0 Å². The van der Waals surface area contributed by atoms with Gasteiger partial charge in [0.15, 0.2) is 18.1 Å². The number of ether oxygens (including phenoxy) is 3. The van der Waals surface area contributed by atoms with E-state index in [1.165, 1.54) is 0 Å². The molecule has 1 unspecified atom stereocenters. The van der Waals surface area contributed by atoms with Crippen molar-refractivity contribution in [2.45, 2.75) is 32.9 Å². The van der Waals surface area contributed by atoms with Gasteiger partial charge in [0.25, 0.3) is 5.91 Å². The van der Waals surface area contributed by atoms with Crippen molar-refractivity contribution in [3.8, 4) is 17.2 Å². The minimum absolute atomic E-state index is 0.0259. The SMILES string of the molecule is CC(C)N1CCN(C(=O)COc2ccc3c(c2)OCO3)CC1C. The predicted molar refractivity (Wildman–Crippen MR) is 85.9 cm³/mol. The molecule has 0 spiro atoms. The molecule has 1 aromatic carbocycles. The number of carbonyl (C=O) groups is 1. The molecule has 2 aliphatic heterocycles. The van der Waals surface area contributed by atoms with E-state index in [0.29, 0.717) is 29.3 Å². The fourth-order valence-electron chi connectivity index (χ4n) is 3.17. The van der Waals surface area contributed by atoms with Crippen molar-refractivity contribution in [1.82, 2.24) is 9.80 Å². The number of fused-ring (bicyclic) bond motifs is 1. The molecule has 0 saturated carbocycles. The Balaban J connectivity index is 1.52. The van der Waals surface area contributed by atoms with E-state index in [-0.39, 0.29) is 19.3 Å². The summed E-state index contributed by atoms with van der Waals surface area (Å²) in [6.45, 7) is 9.25. The van der Waals surface area contributed by atoms with Gasteiger partial charge in [-0.3, -0.25) is 9.69 Å². The van der Waals surface area contributed by atoms with E-state index >= 15 is 0 Å². The van der Waals surface area contributed by atoms with Gasteiger partial charge in [0.2, 0.25) is 6.79 Å². The van der Waals surface area contributed by atoms with Gasteiger partial charge in [-0.1, -0.05) is 0 Å². The average molecular weight is 320 g/mol. The lowest BCUT2D eigenvalue weighted by Gasteiger charge is -2.42. The first-order valence-corrected chi connectivity index (χ1v) is 8.10. The van der Waals surface area contributed by atoms with E-state index < -0.39 is 0 Å². The van der Waals surface area contributed by atoms with Crippen molar-refractivity contribution >= 4 is 5.91 Å². The number of nitrogens with zero attached hydrogens (tertiary/aromatic N) is 2. The van der Waals surface area contributed by atoms with Crippen LogP contribution < -0.4 is 14.2 Å². The molecule has 2 aliphatic rings. The van der Waals surface area contributed by atoms with Gasteiger partial charge in [0, 0.05) is 37.8 Å². The predicted octanol–water partition coefficient (Wildman–Crippen LogP) is 1.74. The van der Waals surface area contributed by atoms with E-state index in [9.17, 15) is 4.79 Å². The third kappa shape index (κ3) is 3.52. The van der Waals surface area contributed by atoms with Crippen LogP contribution in [0.5, 0.6) is 17.2 Å². The molecular formula is C17H24N2O4. The Morgan fingerprint density at radius 3 is 2.83 bits per heavy atom. The van der Waals surface area contributed by atoms with Crippen LogP contribution >= 0.6 is 0 Å². The smallest absolute Gasteiger partial charge is 0.260 e. The van der Waals surface area contributed by atoms with Gasteiger partial charge in [0.05, 0.1) is 0 Å². The van der Waals surface area contributed by atoms with E-state index in [2.05, 4.69) is 25.7 Å². The highest BCUT2D eigenvalue weighted by Gasteiger charge is 2.28. The molecule has 1 atom stereocenters. The van der Waals surface area contributed by atoms with E-state index in [0.717, 1.165) is 19.6 Å². The Labute approximate surface area is 136 Å². The molecule has 0 aromatic heterocycles. The van der Waals surface area contributed by atoms with Gasteiger partial charge in [-0.05, 0) is 32.9 Å². The fraction of sp³-hybridized carbons (Fsp3) is 0.588. The lowest BCUT2D eigenvalue weighted by Crippen LogP contribution is -2.56. The number of carbonyl (C=O) groups excluding carboxylic acids is 1. The third-order valence-corrected chi connectivity index (χ3v) is 4.40. The molecule has 23 heavy (non-hydrogen) atoms. The molecule has 1 amide bonds. The summed E-state index contributed by atoms with van der Waals surface area (Å²) in [7, 11) is 0. The number of amides is 1. The van der Waals surface area contributed by atoms with Crippen LogP contribution in [-0.4, -0.2) is 60.8 Å². The molecular weight excluding hydrogens is 296 g/mol. The number of rotatable bonds is 4. The zero-order valence-electron chi connectivity index (χ0n) is 13.9. The van der Waals surface area contributed by atoms with Crippen LogP contribution in [0.1, 0.15) is 20.8 Å². The minimum Gasteiger partial charge on any atom is -0.484 e. The monoisotopic (exact) mass is 320 g/mol. The summed E-state index contributed by atoms with van der Waals surface area (Å²) in [4.78, 5) is 16.7. The maximum absolute atomic E-state index is 12.4. The first kappa shape index (κ1) is 15.9. The van der Waals surface area contributed by atoms with Crippen LogP contribution in [0, 0.1) is 0 Å². The first-order valence-electron chi connectivity index (χ1n) is 8.10. The van der Waals surface area contributed by atoms with Gasteiger partial charge in [-0.2, -0.15) is 0 Å². The standard InChI is InChI=1S/C17H24N2O4/c1-12(2)19-7-6-18(9-13(19)3)17(20)10-21-14-4-5-15-16(8-14)23-11-22-15/h4-5,8,12-13H,6-7,9-11H2,1-3H3. The lowest BCUT2D eigenvalue weighted by molar-refractivity contribution is -0.136. The maximum atomic E-state index is 12.4. The largest absolute Gasteiger partial charge is 0.484 e. The second-order valence-corrected chi connectivity index (χ2v) is 6.32. The highest BCUT2D eigenvalue weighted by molar-refractivity contribution is 5.78. The van der Waals surface area contributed by atoms with Crippen molar-refractivity contribution in [1.29, 1.82) is 0 Å². The molecule has 126 valence electrons. The minimum atomic E-state index is 0.0259. The molecule has 0 bridgehead atoms. The van der Waals surface area contributed by atoms with E-state index in [1.807, 2.05) is 4.90 Å². The second-order valence-electron chi connectivity index (χ2n) is 6.32. The lowest BCUT2D eigenvalue weighted by atomic mass is 10.1. The quantitative estimate of drug-likeness (QED) is 0.846. The van der Waals surface area contributed by atoms with E-state index in [1.54, 1.807) is 18.2 Å². The fourth-order valence-corrected chi connectivity index (χ4v) is 3.17. The molecule has 0 N–H and O–H groups in total. The molecule has 6 nitrogen and oxygen atoms in total. The van der Waals surface area contributed by atoms with Crippen LogP contribution in [0.25, 0.3) is 0 Å². The summed E-state index contributed by atoms with van der Waals surface area (Å²) in [5.41, 5.74) is 0. The van der Waals surface area contributed by atoms with Crippen LogP contribution in [-0.2, 0) is 4.79 Å². The summed E-state index contributed by atoms with van der Waals surface area (Å²) in [6.07, 6.45) is 0. The molecule has 0 radical (unpaired) electrons. The summed E-state index contributed by atoms with van der Waals surface area (Å²) < 4.78 is 16.2. The zero-order chi connectivity index (χ0) is 16.4. The molecule has 1 fully saturated rings. The molecule has 1 aromatic rings.